The number of amides is 3. The molecule has 0 aromatic rings. The number of aliphatic hydroxyl groups excluding tert-OH is 4. The molecular formula is C13H24N4O9. The van der Waals surface area contributed by atoms with Gasteiger partial charge in [0.2, 0.25) is 17.7 Å². The van der Waals surface area contributed by atoms with Gasteiger partial charge in [-0.25, -0.2) is 4.79 Å². The molecule has 13 heteroatoms. The van der Waals surface area contributed by atoms with Gasteiger partial charge in [0.05, 0.1) is 25.9 Å². The van der Waals surface area contributed by atoms with Crippen LogP contribution in [-0.2, 0) is 19.2 Å². The number of carboxylic acids is 1. The molecule has 0 aliphatic rings. The fourth-order valence-electron chi connectivity index (χ4n) is 1.61. The molecule has 13 nitrogen and oxygen atoms in total. The molecule has 0 aliphatic carbocycles. The number of nitrogens with two attached hydrogens (primary N) is 1. The maximum absolute atomic E-state index is 12.0. The Morgan fingerprint density at radius 1 is 0.808 bits per heavy atom. The van der Waals surface area contributed by atoms with Gasteiger partial charge in [-0.15, -0.1) is 0 Å². The summed E-state index contributed by atoms with van der Waals surface area (Å²) in [6.45, 7) is -1.48. The third-order valence-corrected chi connectivity index (χ3v) is 3.25. The molecule has 150 valence electrons. The molecule has 0 aliphatic heterocycles. The zero-order chi connectivity index (χ0) is 20.4. The standard InChI is InChI=1S/C13H24N4O9/c1-5(21)9(14)12(24)16-7(3-19)10(22)15-6(2-18)11(23)17-8(4-20)13(25)26/h5-9,18-21H,2-4,14H2,1H3,(H,15,22)(H,16,24)(H,17,23)(H,25,26)/t5-,6-,7+,8-,9-/m0/s1. The van der Waals surface area contributed by atoms with Crippen LogP contribution in [0.25, 0.3) is 0 Å². The summed E-state index contributed by atoms with van der Waals surface area (Å²) in [7, 11) is 0. The van der Waals surface area contributed by atoms with E-state index in [-0.39, 0.29) is 0 Å². The highest BCUT2D eigenvalue weighted by Crippen LogP contribution is 1.94. The Kier molecular flexibility index (Phi) is 10.3. The molecule has 0 aromatic heterocycles. The Labute approximate surface area is 148 Å². The van der Waals surface area contributed by atoms with Gasteiger partial charge in [0.1, 0.15) is 24.2 Å². The van der Waals surface area contributed by atoms with Crippen molar-refractivity contribution in [2.75, 3.05) is 19.8 Å². The third-order valence-electron chi connectivity index (χ3n) is 3.25. The normalized spacial score (nSPS) is 16.5. The van der Waals surface area contributed by atoms with Crippen LogP contribution in [0.1, 0.15) is 6.92 Å². The van der Waals surface area contributed by atoms with Crippen LogP contribution in [0.3, 0.4) is 0 Å². The van der Waals surface area contributed by atoms with Gasteiger partial charge in [0.25, 0.3) is 0 Å². The lowest BCUT2D eigenvalue weighted by Crippen LogP contribution is -2.60. The smallest absolute Gasteiger partial charge is 0.328 e. The molecule has 0 radical (unpaired) electrons. The highest BCUT2D eigenvalue weighted by molar-refractivity contribution is 5.94. The molecule has 26 heavy (non-hydrogen) atoms. The van der Waals surface area contributed by atoms with E-state index in [1.165, 1.54) is 6.92 Å². The predicted octanol–water partition coefficient (Wildman–Crippen LogP) is -5.79. The van der Waals surface area contributed by atoms with Crippen LogP contribution in [0.5, 0.6) is 0 Å². The molecule has 0 unspecified atom stereocenters. The Bertz CT molecular complexity index is 514. The molecule has 3 amide bonds. The zero-order valence-electron chi connectivity index (χ0n) is 14.0. The Morgan fingerprint density at radius 2 is 1.15 bits per heavy atom. The first kappa shape index (κ1) is 23.7. The van der Waals surface area contributed by atoms with Crippen LogP contribution in [0.4, 0.5) is 0 Å². The fraction of sp³-hybridized carbons (Fsp3) is 0.692. The minimum absolute atomic E-state index is 0.877. The van der Waals surface area contributed by atoms with Gasteiger partial charge < -0.3 is 47.2 Å². The third kappa shape index (κ3) is 7.28. The monoisotopic (exact) mass is 380 g/mol. The summed E-state index contributed by atoms with van der Waals surface area (Å²) in [5.41, 5.74) is 5.38. The SMILES string of the molecule is C[C@H](O)[C@H](N)C(=O)N[C@H](CO)C(=O)N[C@@H](CO)C(=O)N[C@@H](CO)C(=O)O. The molecule has 0 aromatic carbocycles. The maximum atomic E-state index is 12.0. The van der Waals surface area contributed by atoms with E-state index in [1.807, 2.05) is 10.6 Å². The first-order valence-electron chi connectivity index (χ1n) is 7.49. The van der Waals surface area contributed by atoms with E-state index in [4.69, 9.17) is 15.9 Å². The molecule has 0 bridgehead atoms. The summed E-state index contributed by atoms with van der Waals surface area (Å²) < 4.78 is 0. The van der Waals surface area contributed by atoms with Gasteiger partial charge in [0, 0.05) is 0 Å². The number of hydrogen-bond donors (Lipinski definition) is 9. The van der Waals surface area contributed by atoms with Crippen molar-refractivity contribution in [1.82, 2.24) is 16.0 Å². The van der Waals surface area contributed by atoms with Crippen molar-refractivity contribution in [2.45, 2.75) is 37.2 Å². The fourth-order valence-corrected chi connectivity index (χ4v) is 1.61. The van der Waals surface area contributed by atoms with Crippen molar-refractivity contribution in [3.63, 3.8) is 0 Å². The molecule has 10 N–H and O–H groups in total. The van der Waals surface area contributed by atoms with Crippen LogP contribution in [0.2, 0.25) is 0 Å². The average Bonchev–Trinajstić information content (AvgIpc) is 2.59. The Morgan fingerprint density at radius 3 is 1.46 bits per heavy atom. The second-order valence-electron chi connectivity index (χ2n) is 5.34. The number of carbonyl (C=O) groups excluding carboxylic acids is 3. The Hall–Kier alpha value is -2.32. The van der Waals surface area contributed by atoms with Crippen molar-refractivity contribution in [2.24, 2.45) is 5.73 Å². The van der Waals surface area contributed by atoms with Crippen LogP contribution in [-0.4, -0.2) is 99.3 Å². The van der Waals surface area contributed by atoms with Gasteiger partial charge in [0.15, 0.2) is 0 Å². The molecular weight excluding hydrogens is 356 g/mol. The van der Waals surface area contributed by atoms with Crippen molar-refractivity contribution >= 4 is 23.7 Å². The minimum Gasteiger partial charge on any atom is -0.480 e. The predicted molar refractivity (Wildman–Crippen MR) is 84.3 cm³/mol. The highest BCUT2D eigenvalue weighted by Gasteiger charge is 2.30. The van der Waals surface area contributed by atoms with Crippen LogP contribution in [0.15, 0.2) is 0 Å². The zero-order valence-corrected chi connectivity index (χ0v) is 14.0. The molecule has 0 saturated carbocycles. The molecule has 5 atom stereocenters. The van der Waals surface area contributed by atoms with Gasteiger partial charge in [-0.2, -0.15) is 0 Å². The van der Waals surface area contributed by atoms with Crippen molar-refractivity contribution in [3.05, 3.63) is 0 Å². The summed E-state index contributed by atoms with van der Waals surface area (Å²) in [4.78, 5) is 46.3. The topological polar surface area (TPSA) is 232 Å². The summed E-state index contributed by atoms with van der Waals surface area (Å²) in [5.74, 6) is -4.64. The van der Waals surface area contributed by atoms with Crippen LogP contribution >= 0.6 is 0 Å². The van der Waals surface area contributed by atoms with E-state index < -0.39 is 73.8 Å². The lowest BCUT2D eigenvalue weighted by Gasteiger charge is -2.23. The number of aliphatic hydroxyl groups is 4. The average molecular weight is 380 g/mol. The second-order valence-corrected chi connectivity index (χ2v) is 5.34. The highest BCUT2D eigenvalue weighted by atomic mass is 16.4. The van der Waals surface area contributed by atoms with Gasteiger partial charge >= 0.3 is 5.97 Å². The van der Waals surface area contributed by atoms with E-state index >= 15 is 0 Å². The Balaban J connectivity index is 4.91. The van der Waals surface area contributed by atoms with Gasteiger partial charge in [-0.3, -0.25) is 14.4 Å². The molecule has 0 heterocycles. The number of hydrogen-bond acceptors (Lipinski definition) is 9. The number of nitrogens with one attached hydrogen (secondary N) is 3. The van der Waals surface area contributed by atoms with Crippen molar-refractivity contribution in [3.8, 4) is 0 Å². The lowest BCUT2D eigenvalue weighted by atomic mass is 10.1. The number of carboxylic acid groups (broad SMARTS) is 1. The molecule has 0 spiro atoms. The molecule has 0 fully saturated rings. The first-order chi connectivity index (χ1) is 12.1. The largest absolute Gasteiger partial charge is 0.480 e. The van der Waals surface area contributed by atoms with Crippen molar-refractivity contribution < 1.29 is 44.7 Å². The molecule has 0 rings (SSSR count). The number of aliphatic carboxylic acids is 1. The first-order valence-corrected chi connectivity index (χ1v) is 7.49. The van der Waals surface area contributed by atoms with E-state index in [2.05, 4.69) is 5.32 Å². The van der Waals surface area contributed by atoms with E-state index in [9.17, 15) is 34.5 Å². The second kappa shape index (κ2) is 11.3. The maximum Gasteiger partial charge on any atom is 0.328 e. The van der Waals surface area contributed by atoms with Crippen LogP contribution < -0.4 is 21.7 Å². The summed E-state index contributed by atoms with van der Waals surface area (Å²) in [5, 5.41) is 51.1. The lowest BCUT2D eigenvalue weighted by molar-refractivity contribution is -0.143. The summed E-state index contributed by atoms with van der Waals surface area (Å²) >= 11 is 0. The molecule has 0 saturated heterocycles. The summed E-state index contributed by atoms with van der Waals surface area (Å²) in [6, 6.07) is -6.16. The van der Waals surface area contributed by atoms with E-state index in [1.54, 1.807) is 0 Å². The number of rotatable bonds is 11. The quantitative estimate of drug-likeness (QED) is 0.165. The van der Waals surface area contributed by atoms with E-state index in [0.717, 1.165) is 0 Å². The van der Waals surface area contributed by atoms with Crippen LogP contribution in [0, 0.1) is 0 Å². The van der Waals surface area contributed by atoms with Gasteiger partial charge in [-0.05, 0) is 6.92 Å². The van der Waals surface area contributed by atoms with Gasteiger partial charge in [-0.1, -0.05) is 0 Å². The van der Waals surface area contributed by atoms with E-state index in [0.29, 0.717) is 0 Å². The minimum atomic E-state index is -1.65. The summed E-state index contributed by atoms with van der Waals surface area (Å²) in [6.07, 6.45) is -1.22. The number of carbonyl (C=O) groups is 4. The van der Waals surface area contributed by atoms with Crippen molar-refractivity contribution in [1.29, 1.82) is 0 Å².